The molecule has 0 radical (unpaired) electrons. The molecule has 33 heavy (non-hydrogen) atoms. The number of nitrogens with one attached hydrogen (secondary N) is 2. The Labute approximate surface area is 205 Å². The summed E-state index contributed by atoms with van der Waals surface area (Å²) in [5.74, 6) is 0.0114. The minimum absolute atomic E-state index is 0.0114. The van der Waals surface area contributed by atoms with Crippen LogP contribution in [0.1, 0.15) is 27.0 Å². The predicted molar refractivity (Wildman–Crippen MR) is 126 cm³/mol. The Morgan fingerprint density at radius 1 is 1.06 bits per heavy atom. The Morgan fingerprint density at radius 2 is 1.91 bits per heavy atom. The average Bonchev–Trinajstić information content (AvgIpc) is 3.10. The van der Waals surface area contributed by atoms with Crippen LogP contribution in [0.2, 0.25) is 0 Å². The minimum atomic E-state index is -0.558. The van der Waals surface area contributed by atoms with Gasteiger partial charge in [-0.25, -0.2) is 0 Å². The van der Waals surface area contributed by atoms with Crippen molar-refractivity contribution in [2.45, 2.75) is 25.5 Å². The number of carbonyl (C=O) groups is 1. The van der Waals surface area contributed by atoms with E-state index in [1.807, 2.05) is 23.2 Å². The zero-order valence-corrected chi connectivity index (χ0v) is 20.8. The monoisotopic (exact) mass is 557 g/mol. The Morgan fingerprint density at radius 3 is 2.82 bits per heavy atom. The third-order valence-corrected chi connectivity index (χ3v) is 8.17. The summed E-state index contributed by atoms with van der Waals surface area (Å²) in [5.41, 5.74) is 6.49. The molecule has 0 aliphatic carbocycles. The number of hydrogen-bond donors (Lipinski definition) is 3. The summed E-state index contributed by atoms with van der Waals surface area (Å²) in [5, 5.41) is 17.5. The Balaban J connectivity index is 1.21. The first-order chi connectivity index (χ1) is 16.2. The molecular weight excluding hydrogens is 527 g/mol. The van der Waals surface area contributed by atoms with Gasteiger partial charge in [0.1, 0.15) is 0 Å². The normalized spacial score (nSPS) is 19.4. The molecule has 2 aromatic rings. The summed E-state index contributed by atoms with van der Waals surface area (Å²) in [6.45, 7) is 3.42. The number of carbonyl (C=O) groups excluding carboxylic acids is 1. The maximum absolute atomic E-state index is 13.2. The quantitative estimate of drug-likeness (QED) is 0.255. The van der Waals surface area contributed by atoms with Crippen molar-refractivity contribution in [3.8, 4) is 0 Å². The number of nitrogens with zero attached hydrogens (tertiary/aromatic N) is 2. The van der Waals surface area contributed by atoms with Gasteiger partial charge in [-0.05, 0) is 17.5 Å². The van der Waals surface area contributed by atoms with Crippen molar-refractivity contribution in [3.05, 3.63) is 86.8 Å². The summed E-state index contributed by atoms with van der Waals surface area (Å²) >= 11 is 0.0612. The van der Waals surface area contributed by atoms with Crippen LogP contribution in [-0.2, 0) is 19.4 Å². The molecule has 2 aromatic carbocycles. The van der Waals surface area contributed by atoms with E-state index in [-0.39, 0.29) is 27.1 Å². The number of alkyl halides is 1. The molecule has 174 valence electrons. The third kappa shape index (κ3) is 5.42. The predicted octanol–water partition coefficient (Wildman–Crippen LogP) is -0.479. The minimum Gasteiger partial charge on any atom is -0.296 e. The Kier molecular flexibility index (Phi) is 6.99. The van der Waals surface area contributed by atoms with E-state index in [1.54, 1.807) is 0 Å². The van der Waals surface area contributed by atoms with E-state index in [1.165, 1.54) is 11.1 Å². The van der Waals surface area contributed by atoms with Crippen LogP contribution in [0.5, 0.6) is 0 Å². The van der Waals surface area contributed by atoms with Gasteiger partial charge in [0.05, 0.1) is 0 Å². The number of aliphatic hydroxyl groups is 1. The van der Waals surface area contributed by atoms with Crippen molar-refractivity contribution in [1.82, 2.24) is 15.1 Å². The Hall–Kier alpha value is -2.36. The van der Waals surface area contributed by atoms with Gasteiger partial charge >= 0.3 is 146 Å². The maximum atomic E-state index is 13.2. The fourth-order valence-electron chi connectivity index (χ4n) is 4.74. The van der Waals surface area contributed by atoms with Crippen LogP contribution < -0.4 is 31.8 Å². The number of benzene rings is 2. The van der Waals surface area contributed by atoms with Gasteiger partial charge in [-0.2, -0.15) is 0 Å². The molecule has 0 spiro atoms. The van der Waals surface area contributed by atoms with Crippen LogP contribution in [0.3, 0.4) is 0 Å². The SMILES string of the molecule is O=C1c2cc(NC3=CNC[I-]C=C3)ccc2CCN1C[C@@H](O)CN1CCc2ccccc2C1. The molecular formula is C26H30IN4O2-. The van der Waals surface area contributed by atoms with Crippen molar-refractivity contribution in [2.24, 2.45) is 0 Å². The van der Waals surface area contributed by atoms with Crippen molar-refractivity contribution in [3.63, 3.8) is 0 Å². The number of anilines is 1. The molecule has 1 atom stereocenters. The number of hydrogen-bond acceptors (Lipinski definition) is 5. The number of rotatable bonds is 6. The number of β-amino-alcohol motifs (C(OH)–C–C–N with tert-alkyl or cyclic N) is 1. The van der Waals surface area contributed by atoms with Gasteiger partial charge in [0.25, 0.3) is 0 Å². The van der Waals surface area contributed by atoms with E-state index in [0.29, 0.717) is 19.6 Å². The van der Waals surface area contributed by atoms with Gasteiger partial charge in [0, 0.05) is 13.1 Å². The van der Waals surface area contributed by atoms with Crippen LogP contribution in [0.25, 0.3) is 0 Å². The second-order valence-electron chi connectivity index (χ2n) is 8.79. The van der Waals surface area contributed by atoms with Gasteiger partial charge in [0.2, 0.25) is 0 Å². The van der Waals surface area contributed by atoms with Gasteiger partial charge in [-0.3, -0.25) is 4.90 Å². The molecule has 3 heterocycles. The van der Waals surface area contributed by atoms with E-state index in [0.717, 1.165) is 53.0 Å². The molecule has 3 aliphatic heterocycles. The summed E-state index contributed by atoms with van der Waals surface area (Å²) < 4.78 is 3.27. The first-order valence-corrected chi connectivity index (χ1v) is 14.3. The number of amides is 1. The Bertz CT molecular complexity index is 1080. The molecule has 0 saturated carbocycles. The zero-order valence-electron chi connectivity index (χ0n) is 18.6. The smallest absolute Gasteiger partial charge is 0.296 e. The number of aliphatic hydroxyl groups excluding tert-OH is 1. The van der Waals surface area contributed by atoms with Crippen molar-refractivity contribution < 1.29 is 31.1 Å². The van der Waals surface area contributed by atoms with Crippen molar-refractivity contribution >= 4 is 11.6 Å². The van der Waals surface area contributed by atoms with Crippen LogP contribution in [-0.4, -0.2) is 57.6 Å². The molecule has 0 aromatic heterocycles. The number of fused-ring (bicyclic) bond motifs is 2. The first-order valence-electron chi connectivity index (χ1n) is 11.5. The molecule has 3 aliphatic rings. The third-order valence-electron chi connectivity index (χ3n) is 6.42. The van der Waals surface area contributed by atoms with Crippen molar-refractivity contribution in [1.29, 1.82) is 0 Å². The molecule has 3 N–H and O–H groups in total. The second kappa shape index (κ2) is 10.3. The zero-order chi connectivity index (χ0) is 22.6. The molecule has 0 fully saturated rings. The van der Waals surface area contributed by atoms with E-state index in [2.05, 4.69) is 56.0 Å². The van der Waals surface area contributed by atoms with Crippen LogP contribution in [0.4, 0.5) is 5.69 Å². The van der Waals surface area contributed by atoms with E-state index < -0.39 is 6.10 Å². The average molecular weight is 557 g/mol. The summed E-state index contributed by atoms with van der Waals surface area (Å²) in [6, 6.07) is 14.6. The van der Waals surface area contributed by atoms with Gasteiger partial charge in [0.15, 0.2) is 0 Å². The van der Waals surface area contributed by atoms with E-state index in [9.17, 15) is 9.90 Å². The fourth-order valence-corrected chi connectivity index (χ4v) is 6.11. The molecule has 0 unspecified atom stereocenters. The van der Waals surface area contributed by atoms with Crippen molar-refractivity contribution in [2.75, 3.05) is 36.0 Å². The van der Waals surface area contributed by atoms with Crippen LogP contribution in [0, 0.1) is 0 Å². The first kappa shape index (κ1) is 22.4. The van der Waals surface area contributed by atoms with E-state index >= 15 is 0 Å². The number of halogens is 1. The molecule has 7 heteroatoms. The standard InChI is InChI=1S/C26H30IN4O2/c32-24(16-30-11-8-19-3-1-2-4-21(19)15-30)17-31-12-9-20-5-6-22(13-25(20)26(31)33)29-23-7-10-27-18-28-14-23/h1-7,10,13-14,24,28-29,32H,8-9,11-12,15-18H2/q-1/t24-/m0/s1. The molecule has 5 rings (SSSR count). The second-order valence-corrected chi connectivity index (χ2v) is 11.2. The van der Waals surface area contributed by atoms with E-state index in [4.69, 9.17) is 0 Å². The molecule has 0 bridgehead atoms. The summed E-state index contributed by atoms with van der Waals surface area (Å²) in [6.07, 6.45) is 5.37. The molecule has 0 saturated heterocycles. The summed E-state index contributed by atoms with van der Waals surface area (Å²) in [7, 11) is 0. The fraction of sp³-hybridized carbons (Fsp3) is 0.346. The number of allylic oxidation sites excluding steroid dienone is 1. The topological polar surface area (TPSA) is 67.8 Å². The van der Waals surface area contributed by atoms with Crippen LogP contribution in [0.15, 0.2) is 64.5 Å². The summed E-state index contributed by atoms with van der Waals surface area (Å²) in [4.78, 5) is 17.3. The van der Waals surface area contributed by atoms with Crippen LogP contribution >= 0.6 is 0 Å². The molecule has 1 amide bonds. The van der Waals surface area contributed by atoms with Gasteiger partial charge in [-0.1, -0.05) is 24.3 Å². The van der Waals surface area contributed by atoms with Gasteiger partial charge in [-0.15, -0.1) is 0 Å². The molecule has 6 nitrogen and oxygen atoms in total. The van der Waals surface area contributed by atoms with Gasteiger partial charge < -0.3 is 0 Å².